The van der Waals surface area contributed by atoms with Crippen LogP contribution in [0.2, 0.25) is 0 Å². The fraction of sp³-hybridized carbons (Fsp3) is 0.462. The summed E-state index contributed by atoms with van der Waals surface area (Å²) in [6.07, 6.45) is 4.12. The van der Waals surface area contributed by atoms with E-state index >= 15 is 0 Å². The van der Waals surface area contributed by atoms with Crippen LogP contribution in [0.25, 0.3) is 0 Å². The summed E-state index contributed by atoms with van der Waals surface area (Å²) < 4.78 is 0. The number of halogens is 1. The highest BCUT2D eigenvalue weighted by Gasteiger charge is 2.21. The third-order valence-corrected chi connectivity index (χ3v) is 3.60. The van der Waals surface area contributed by atoms with Gasteiger partial charge in [0.25, 0.3) is 0 Å². The molecule has 0 spiro atoms. The van der Waals surface area contributed by atoms with Crippen molar-refractivity contribution in [3.63, 3.8) is 0 Å². The van der Waals surface area contributed by atoms with Crippen molar-refractivity contribution in [1.82, 2.24) is 0 Å². The first kappa shape index (κ1) is 12.4. The predicted molar refractivity (Wildman–Crippen MR) is 67.7 cm³/mol. The SMILES string of the molecule is NCc1c(O)c(C(=O)CCl)cc2c1CCCC2. The lowest BCUT2D eigenvalue weighted by molar-refractivity contribution is 0.101. The number of hydrogen-bond donors (Lipinski definition) is 2. The molecule has 17 heavy (non-hydrogen) atoms. The number of benzene rings is 1. The number of alkyl halides is 1. The monoisotopic (exact) mass is 253 g/mol. The number of rotatable bonds is 3. The van der Waals surface area contributed by atoms with Gasteiger partial charge in [0.05, 0.1) is 11.4 Å². The van der Waals surface area contributed by atoms with Crippen LogP contribution >= 0.6 is 11.6 Å². The molecule has 92 valence electrons. The van der Waals surface area contributed by atoms with Crippen LogP contribution in [0, 0.1) is 0 Å². The Hall–Kier alpha value is -1.06. The number of carbonyl (C=O) groups is 1. The third kappa shape index (κ3) is 2.17. The fourth-order valence-electron chi connectivity index (χ4n) is 2.49. The van der Waals surface area contributed by atoms with Gasteiger partial charge in [-0.3, -0.25) is 4.79 Å². The molecule has 1 aliphatic carbocycles. The zero-order valence-corrected chi connectivity index (χ0v) is 10.4. The molecular weight excluding hydrogens is 238 g/mol. The summed E-state index contributed by atoms with van der Waals surface area (Å²) in [5, 5.41) is 10.1. The molecular formula is C13H16ClNO2. The van der Waals surface area contributed by atoms with Crippen molar-refractivity contribution < 1.29 is 9.90 Å². The van der Waals surface area contributed by atoms with E-state index < -0.39 is 0 Å². The fourth-order valence-corrected chi connectivity index (χ4v) is 2.63. The Morgan fingerprint density at radius 1 is 1.41 bits per heavy atom. The quantitative estimate of drug-likeness (QED) is 0.641. The average molecular weight is 254 g/mol. The van der Waals surface area contributed by atoms with Gasteiger partial charge in [-0.05, 0) is 42.9 Å². The van der Waals surface area contributed by atoms with Crippen molar-refractivity contribution in [2.24, 2.45) is 5.73 Å². The maximum atomic E-state index is 11.7. The minimum atomic E-state index is -0.243. The van der Waals surface area contributed by atoms with Crippen LogP contribution in [0.3, 0.4) is 0 Å². The van der Waals surface area contributed by atoms with Gasteiger partial charge in [-0.25, -0.2) is 0 Å². The van der Waals surface area contributed by atoms with Crippen LogP contribution in [-0.2, 0) is 19.4 Å². The Morgan fingerprint density at radius 2 is 2.12 bits per heavy atom. The molecule has 0 saturated heterocycles. The first-order valence-electron chi connectivity index (χ1n) is 5.84. The Labute approximate surface area is 106 Å². The smallest absolute Gasteiger partial charge is 0.181 e. The number of fused-ring (bicyclic) bond motifs is 1. The molecule has 0 aliphatic heterocycles. The number of carbonyl (C=O) groups excluding carboxylic acids is 1. The molecule has 3 nitrogen and oxygen atoms in total. The molecule has 0 fully saturated rings. The highest BCUT2D eigenvalue weighted by atomic mass is 35.5. The Morgan fingerprint density at radius 3 is 2.76 bits per heavy atom. The molecule has 3 N–H and O–H groups in total. The van der Waals surface area contributed by atoms with Gasteiger partial charge in [0.1, 0.15) is 5.75 Å². The Balaban J connectivity index is 2.60. The summed E-state index contributed by atoms with van der Waals surface area (Å²) in [6.45, 7) is 0.261. The first-order valence-corrected chi connectivity index (χ1v) is 6.38. The number of aromatic hydroxyl groups is 1. The second kappa shape index (κ2) is 5.07. The van der Waals surface area contributed by atoms with E-state index in [1.165, 1.54) is 0 Å². The number of phenols is 1. The van der Waals surface area contributed by atoms with E-state index in [1.807, 2.05) is 0 Å². The van der Waals surface area contributed by atoms with Gasteiger partial charge in [-0.2, -0.15) is 0 Å². The zero-order valence-electron chi connectivity index (χ0n) is 9.63. The van der Waals surface area contributed by atoms with Gasteiger partial charge in [0.2, 0.25) is 0 Å². The molecule has 0 radical (unpaired) electrons. The molecule has 1 aliphatic rings. The van der Waals surface area contributed by atoms with Crippen molar-refractivity contribution in [2.45, 2.75) is 32.2 Å². The van der Waals surface area contributed by atoms with Crippen LogP contribution in [0.4, 0.5) is 0 Å². The van der Waals surface area contributed by atoms with Crippen LogP contribution in [0.1, 0.15) is 39.9 Å². The molecule has 0 amide bonds. The van der Waals surface area contributed by atoms with Gasteiger partial charge >= 0.3 is 0 Å². The summed E-state index contributed by atoms with van der Waals surface area (Å²) >= 11 is 5.55. The Kier molecular flexibility index (Phi) is 3.69. The van der Waals surface area contributed by atoms with Crippen molar-refractivity contribution >= 4 is 17.4 Å². The highest BCUT2D eigenvalue weighted by Crippen LogP contribution is 2.33. The van der Waals surface area contributed by atoms with Crippen LogP contribution in [0.5, 0.6) is 5.75 Å². The van der Waals surface area contributed by atoms with E-state index in [9.17, 15) is 9.90 Å². The molecule has 0 unspecified atom stereocenters. The number of aryl methyl sites for hydroxylation is 1. The van der Waals surface area contributed by atoms with Gasteiger partial charge in [0, 0.05) is 12.1 Å². The van der Waals surface area contributed by atoms with Crippen LogP contribution in [0.15, 0.2) is 6.07 Å². The largest absolute Gasteiger partial charge is 0.507 e. The molecule has 1 aromatic rings. The maximum absolute atomic E-state index is 11.7. The van der Waals surface area contributed by atoms with Crippen molar-refractivity contribution in [1.29, 1.82) is 0 Å². The molecule has 0 bridgehead atoms. The second-order valence-corrected chi connectivity index (χ2v) is 4.62. The van der Waals surface area contributed by atoms with Crippen molar-refractivity contribution in [2.75, 3.05) is 5.88 Å². The lowest BCUT2D eigenvalue weighted by Crippen LogP contribution is -2.13. The van der Waals surface area contributed by atoms with Crippen LogP contribution < -0.4 is 5.73 Å². The van der Waals surface area contributed by atoms with E-state index in [-0.39, 0.29) is 24.0 Å². The van der Waals surface area contributed by atoms with Gasteiger partial charge < -0.3 is 10.8 Å². The van der Waals surface area contributed by atoms with Gasteiger partial charge in [-0.15, -0.1) is 11.6 Å². The first-order chi connectivity index (χ1) is 8.19. The maximum Gasteiger partial charge on any atom is 0.181 e. The minimum Gasteiger partial charge on any atom is -0.507 e. The standard InChI is InChI=1S/C13H16ClNO2/c14-6-12(16)10-5-8-3-1-2-4-9(8)11(7-15)13(10)17/h5,17H,1-4,6-7,15H2. The number of hydrogen-bond acceptors (Lipinski definition) is 3. The predicted octanol–water partition coefficient (Wildman–Crippen LogP) is 2.15. The normalized spacial score (nSPS) is 14.5. The minimum absolute atomic E-state index is 0.0267. The average Bonchev–Trinajstić information content (AvgIpc) is 2.37. The van der Waals surface area contributed by atoms with Crippen molar-refractivity contribution in [3.05, 3.63) is 28.3 Å². The van der Waals surface area contributed by atoms with Crippen LogP contribution in [-0.4, -0.2) is 16.8 Å². The van der Waals surface area contributed by atoms with Gasteiger partial charge in [-0.1, -0.05) is 0 Å². The van der Waals surface area contributed by atoms with E-state index in [1.54, 1.807) is 6.07 Å². The summed E-state index contributed by atoms with van der Waals surface area (Å²) in [5.41, 5.74) is 8.99. The van der Waals surface area contributed by atoms with Gasteiger partial charge in [0.15, 0.2) is 5.78 Å². The summed E-state index contributed by atoms with van der Waals surface area (Å²) in [7, 11) is 0. The zero-order chi connectivity index (χ0) is 12.4. The molecule has 0 aromatic heterocycles. The molecule has 4 heteroatoms. The second-order valence-electron chi connectivity index (χ2n) is 4.36. The number of ketones is 1. The molecule has 1 aromatic carbocycles. The van der Waals surface area contributed by atoms with Crippen molar-refractivity contribution in [3.8, 4) is 5.75 Å². The number of nitrogens with two attached hydrogens (primary N) is 1. The molecule has 2 rings (SSSR count). The van der Waals surface area contributed by atoms with E-state index in [0.29, 0.717) is 5.56 Å². The summed E-state index contributed by atoms with van der Waals surface area (Å²) in [4.78, 5) is 11.7. The lowest BCUT2D eigenvalue weighted by atomic mass is 9.85. The lowest BCUT2D eigenvalue weighted by Gasteiger charge is -2.21. The summed E-state index contributed by atoms with van der Waals surface area (Å²) in [5.74, 6) is -0.331. The van der Waals surface area contributed by atoms with E-state index in [0.717, 1.165) is 42.4 Å². The topological polar surface area (TPSA) is 63.3 Å². The highest BCUT2D eigenvalue weighted by molar-refractivity contribution is 6.30. The summed E-state index contributed by atoms with van der Waals surface area (Å²) in [6, 6.07) is 1.79. The molecule has 0 atom stereocenters. The van der Waals surface area contributed by atoms with E-state index in [4.69, 9.17) is 17.3 Å². The molecule has 0 saturated carbocycles. The molecule has 0 heterocycles. The van der Waals surface area contributed by atoms with E-state index in [2.05, 4.69) is 0 Å². The number of phenolic OH excluding ortho intramolecular Hbond substituents is 1. The third-order valence-electron chi connectivity index (χ3n) is 3.36. The number of Topliss-reactive ketones (excluding diaryl/α,β-unsaturated/α-hetero) is 1. The Bertz CT molecular complexity index is 457.